The van der Waals surface area contributed by atoms with E-state index in [-0.39, 0.29) is 18.0 Å². The molecule has 0 aliphatic carbocycles. The van der Waals surface area contributed by atoms with Crippen molar-refractivity contribution < 1.29 is 23.5 Å². The predicted molar refractivity (Wildman–Crippen MR) is 101 cm³/mol. The maximum absolute atomic E-state index is 12.6. The fourth-order valence-corrected chi connectivity index (χ4v) is 3.53. The number of urea groups is 1. The van der Waals surface area contributed by atoms with Crippen LogP contribution in [0.1, 0.15) is 16.1 Å². The van der Waals surface area contributed by atoms with Gasteiger partial charge in [0.1, 0.15) is 18.1 Å². The molecule has 1 aromatic heterocycles. The van der Waals surface area contributed by atoms with Crippen LogP contribution >= 0.6 is 0 Å². The molecule has 4 rings (SSSR count). The Balaban J connectivity index is 1.29. The molecular formula is C20H23N3O5. The van der Waals surface area contributed by atoms with Crippen LogP contribution in [0.15, 0.2) is 41.0 Å². The summed E-state index contributed by atoms with van der Waals surface area (Å²) in [5.41, 5.74) is 1.02. The molecule has 1 fully saturated rings. The average Bonchev–Trinajstić information content (AvgIpc) is 3.27. The number of methoxy groups -OCH3 is 1. The standard InChI is InChI=1S/C20H23N3O5/c1-26-16-4-5-17-14(12-16)11-15(13-28-17)21-20(25)23-8-6-22(7-9-23)19(24)18-3-2-10-27-18/h2-5,10,12,15H,6-9,11,13H2,1H3,(H,21,25)/t15-/m1/s1. The van der Waals surface area contributed by atoms with E-state index in [0.29, 0.717) is 45.0 Å². The first-order valence-electron chi connectivity index (χ1n) is 9.32. The Morgan fingerprint density at radius 3 is 2.64 bits per heavy atom. The molecule has 148 valence electrons. The molecule has 1 atom stereocenters. The zero-order chi connectivity index (χ0) is 19.5. The van der Waals surface area contributed by atoms with Gasteiger partial charge in [-0.3, -0.25) is 4.79 Å². The van der Waals surface area contributed by atoms with Crippen LogP contribution in [-0.2, 0) is 6.42 Å². The van der Waals surface area contributed by atoms with Crippen molar-refractivity contribution in [3.8, 4) is 11.5 Å². The van der Waals surface area contributed by atoms with E-state index >= 15 is 0 Å². The van der Waals surface area contributed by atoms with Gasteiger partial charge in [0.2, 0.25) is 0 Å². The first-order chi connectivity index (χ1) is 13.6. The first-order valence-corrected chi connectivity index (χ1v) is 9.32. The third-order valence-corrected chi connectivity index (χ3v) is 5.09. The molecule has 3 heterocycles. The van der Waals surface area contributed by atoms with Crippen molar-refractivity contribution in [2.24, 2.45) is 0 Å². The predicted octanol–water partition coefficient (Wildman–Crippen LogP) is 1.76. The van der Waals surface area contributed by atoms with Gasteiger partial charge in [-0.25, -0.2) is 4.79 Å². The van der Waals surface area contributed by atoms with Gasteiger partial charge in [-0.15, -0.1) is 0 Å². The van der Waals surface area contributed by atoms with Crippen LogP contribution in [0.3, 0.4) is 0 Å². The summed E-state index contributed by atoms with van der Waals surface area (Å²) in [6, 6.07) is 8.80. The number of ether oxygens (including phenoxy) is 2. The Morgan fingerprint density at radius 2 is 1.93 bits per heavy atom. The van der Waals surface area contributed by atoms with Gasteiger partial charge >= 0.3 is 6.03 Å². The summed E-state index contributed by atoms with van der Waals surface area (Å²) in [7, 11) is 1.63. The molecule has 2 aromatic rings. The lowest BCUT2D eigenvalue weighted by Crippen LogP contribution is -2.55. The Bertz CT molecular complexity index is 844. The largest absolute Gasteiger partial charge is 0.497 e. The van der Waals surface area contributed by atoms with Crippen molar-refractivity contribution in [3.05, 3.63) is 47.9 Å². The highest BCUT2D eigenvalue weighted by Gasteiger charge is 2.28. The van der Waals surface area contributed by atoms with Crippen molar-refractivity contribution in [2.45, 2.75) is 12.5 Å². The number of amides is 3. The Hall–Kier alpha value is -3.16. The van der Waals surface area contributed by atoms with E-state index in [0.717, 1.165) is 17.1 Å². The molecule has 2 aliphatic heterocycles. The number of nitrogens with zero attached hydrogens (tertiary/aromatic N) is 2. The number of hydrogen-bond acceptors (Lipinski definition) is 5. The van der Waals surface area contributed by atoms with Crippen molar-refractivity contribution in [3.63, 3.8) is 0 Å². The van der Waals surface area contributed by atoms with Crippen molar-refractivity contribution in [1.82, 2.24) is 15.1 Å². The molecule has 0 saturated carbocycles. The lowest BCUT2D eigenvalue weighted by molar-refractivity contribution is 0.0631. The maximum atomic E-state index is 12.6. The number of furan rings is 1. The van der Waals surface area contributed by atoms with E-state index in [9.17, 15) is 9.59 Å². The summed E-state index contributed by atoms with van der Waals surface area (Å²) in [5, 5.41) is 3.04. The quantitative estimate of drug-likeness (QED) is 0.870. The van der Waals surface area contributed by atoms with Crippen LogP contribution in [0.25, 0.3) is 0 Å². The molecule has 1 saturated heterocycles. The van der Waals surface area contributed by atoms with Gasteiger partial charge in [0.25, 0.3) is 5.91 Å². The summed E-state index contributed by atoms with van der Waals surface area (Å²) in [5.74, 6) is 1.78. The molecule has 3 amide bonds. The zero-order valence-electron chi connectivity index (χ0n) is 15.7. The van der Waals surface area contributed by atoms with Gasteiger partial charge in [-0.2, -0.15) is 0 Å². The highest BCUT2D eigenvalue weighted by atomic mass is 16.5. The van der Waals surface area contributed by atoms with Crippen LogP contribution in [0.2, 0.25) is 0 Å². The molecule has 28 heavy (non-hydrogen) atoms. The van der Waals surface area contributed by atoms with Gasteiger partial charge in [0.15, 0.2) is 5.76 Å². The van der Waals surface area contributed by atoms with Gasteiger partial charge in [-0.05, 0) is 42.3 Å². The van der Waals surface area contributed by atoms with Crippen LogP contribution < -0.4 is 14.8 Å². The minimum atomic E-state index is -0.142. The zero-order valence-corrected chi connectivity index (χ0v) is 15.7. The first kappa shape index (κ1) is 18.2. The Kier molecular flexibility index (Phi) is 5.10. The normalized spacial score (nSPS) is 18.8. The number of hydrogen-bond donors (Lipinski definition) is 1. The highest BCUT2D eigenvalue weighted by molar-refractivity contribution is 5.91. The third kappa shape index (κ3) is 3.76. The number of carbonyl (C=O) groups excluding carboxylic acids is 2. The van der Waals surface area contributed by atoms with Crippen LogP contribution in [0.4, 0.5) is 4.79 Å². The monoisotopic (exact) mass is 385 g/mol. The van der Waals surface area contributed by atoms with E-state index in [1.54, 1.807) is 29.0 Å². The molecular weight excluding hydrogens is 362 g/mol. The molecule has 0 radical (unpaired) electrons. The van der Waals surface area contributed by atoms with E-state index in [1.165, 1.54) is 6.26 Å². The fourth-order valence-electron chi connectivity index (χ4n) is 3.53. The average molecular weight is 385 g/mol. The topological polar surface area (TPSA) is 84.3 Å². The SMILES string of the molecule is COc1ccc2c(c1)C[C@@H](NC(=O)N1CCN(C(=O)c3ccco3)CC1)CO2. The van der Waals surface area contributed by atoms with E-state index in [2.05, 4.69) is 5.32 Å². The van der Waals surface area contributed by atoms with E-state index in [4.69, 9.17) is 13.9 Å². The summed E-state index contributed by atoms with van der Waals surface area (Å²) in [4.78, 5) is 28.4. The number of rotatable bonds is 3. The second kappa shape index (κ2) is 7.84. The molecule has 8 nitrogen and oxygen atoms in total. The van der Waals surface area contributed by atoms with Gasteiger partial charge in [-0.1, -0.05) is 0 Å². The van der Waals surface area contributed by atoms with Crippen LogP contribution in [-0.4, -0.2) is 67.7 Å². The lowest BCUT2D eigenvalue weighted by Gasteiger charge is -2.35. The van der Waals surface area contributed by atoms with Crippen LogP contribution in [0.5, 0.6) is 11.5 Å². The summed E-state index contributed by atoms with van der Waals surface area (Å²) < 4.78 is 16.2. The van der Waals surface area contributed by atoms with Gasteiger partial charge in [0.05, 0.1) is 19.4 Å². The fraction of sp³-hybridized carbons (Fsp3) is 0.400. The summed E-state index contributed by atoms with van der Waals surface area (Å²) in [6.07, 6.45) is 2.17. The minimum absolute atomic E-state index is 0.102. The minimum Gasteiger partial charge on any atom is -0.497 e. The Morgan fingerprint density at radius 1 is 1.14 bits per heavy atom. The Labute approximate surface area is 163 Å². The van der Waals surface area contributed by atoms with Gasteiger partial charge in [0, 0.05) is 26.2 Å². The molecule has 0 spiro atoms. The number of piperazine rings is 1. The third-order valence-electron chi connectivity index (χ3n) is 5.09. The van der Waals surface area contributed by atoms with E-state index < -0.39 is 0 Å². The number of benzene rings is 1. The second-order valence-electron chi connectivity index (χ2n) is 6.89. The molecule has 8 heteroatoms. The second-order valence-corrected chi connectivity index (χ2v) is 6.89. The number of carbonyl (C=O) groups is 2. The smallest absolute Gasteiger partial charge is 0.317 e. The molecule has 0 bridgehead atoms. The van der Waals surface area contributed by atoms with Crippen LogP contribution in [0, 0.1) is 0 Å². The van der Waals surface area contributed by atoms with Gasteiger partial charge < -0.3 is 29.0 Å². The van der Waals surface area contributed by atoms with Crippen molar-refractivity contribution in [1.29, 1.82) is 0 Å². The number of nitrogens with one attached hydrogen (secondary N) is 1. The maximum Gasteiger partial charge on any atom is 0.317 e. The molecule has 1 aromatic carbocycles. The van der Waals surface area contributed by atoms with Crippen molar-refractivity contribution in [2.75, 3.05) is 39.9 Å². The summed E-state index contributed by atoms with van der Waals surface area (Å²) >= 11 is 0. The van der Waals surface area contributed by atoms with Crippen molar-refractivity contribution >= 4 is 11.9 Å². The summed E-state index contributed by atoms with van der Waals surface area (Å²) in [6.45, 7) is 2.36. The molecule has 1 N–H and O–H groups in total. The lowest BCUT2D eigenvalue weighted by atomic mass is 10.0. The molecule has 0 unspecified atom stereocenters. The molecule has 2 aliphatic rings. The van der Waals surface area contributed by atoms with E-state index in [1.807, 2.05) is 18.2 Å². The number of fused-ring (bicyclic) bond motifs is 1. The highest BCUT2D eigenvalue weighted by Crippen LogP contribution is 2.28.